The van der Waals surface area contributed by atoms with E-state index in [1.54, 1.807) is 30.3 Å². The van der Waals surface area contributed by atoms with Crippen LogP contribution in [-0.2, 0) is 56.4 Å². The van der Waals surface area contributed by atoms with Crippen molar-refractivity contribution in [3.8, 4) is 0 Å². The molecule has 1 aliphatic rings. The number of phosphoric acid groups is 3. The van der Waals surface area contributed by atoms with Crippen LogP contribution < -0.4 is 35.9 Å². The highest BCUT2D eigenvalue weighted by atomic mass is 32.2. The number of benzene rings is 1. The molecule has 3 aromatic rings. The van der Waals surface area contributed by atoms with E-state index in [1.165, 1.54) is 32.9 Å². The highest BCUT2D eigenvalue weighted by Crippen LogP contribution is 2.56. The maximum absolute atomic E-state index is 12.6. The van der Waals surface area contributed by atoms with E-state index in [4.69, 9.17) is 10.5 Å². The van der Waals surface area contributed by atoms with E-state index in [9.17, 15) is 62.7 Å². The fourth-order valence-electron chi connectivity index (χ4n) is 5.62. The van der Waals surface area contributed by atoms with Crippen molar-refractivity contribution in [1.82, 2.24) is 30.2 Å². The van der Waals surface area contributed by atoms with Gasteiger partial charge in [-0.15, -0.1) is 0 Å². The van der Waals surface area contributed by atoms with Crippen molar-refractivity contribution < 1.29 is 85.3 Å². The summed E-state index contributed by atoms with van der Waals surface area (Å²) in [5.74, 6) is -1.59. The van der Waals surface area contributed by atoms with E-state index in [2.05, 4.69) is 43.5 Å². The number of aromatic nitrogens is 4. The van der Waals surface area contributed by atoms with Crippen LogP contribution in [0, 0.1) is 5.41 Å². The minimum atomic E-state index is -5.96. The average Bonchev–Trinajstić information content (AvgIpc) is 3.74. The van der Waals surface area contributed by atoms with Crippen LogP contribution in [0.3, 0.4) is 0 Å². The number of aliphatic hydroxyl groups is 2. The number of nitrogens with two attached hydrogens (primary N) is 1. The number of ketones is 1. The molecule has 7 unspecified atom stereocenters. The highest BCUT2D eigenvalue weighted by Gasteiger charge is 2.55. The molecule has 342 valence electrons. The van der Waals surface area contributed by atoms with Crippen molar-refractivity contribution in [2.75, 3.05) is 37.8 Å². The van der Waals surface area contributed by atoms with Crippen LogP contribution in [0.15, 0.2) is 55.1 Å². The molecule has 1 aliphatic heterocycles. The van der Waals surface area contributed by atoms with E-state index >= 15 is 0 Å². The van der Waals surface area contributed by atoms with Crippen molar-refractivity contribution in [3.05, 3.63) is 60.7 Å². The zero-order chi connectivity index (χ0) is 46.1. The lowest BCUT2D eigenvalue weighted by molar-refractivity contribution is -0.347. The number of Topliss-reactive ketones (excluding diaryl/α,β-unsaturated/α-hetero) is 1. The summed E-state index contributed by atoms with van der Waals surface area (Å²) in [6.07, 6.45) is -3.45. The summed E-state index contributed by atoms with van der Waals surface area (Å²) in [5.41, 5.74) is 2.49. The molecule has 7 atom stereocenters. The van der Waals surface area contributed by atoms with E-state index in [-0.39, 0.29) is 59.6 Å². The number of allylic oxidation sites excluding steroid dienone is 1. The van der Waals surface area contributed by atoms with Crippen LogP contribution in [0.25, 0.3) is 11.2 Å². The smallest absolute Gasteiger partial charge is 0.274 e. The number of rotatable bonds is 23. The Bertz CT molecular complexity index is 2260. The predicted octanol–water partition coefficient (Wildman–Crippen LogP) is -1.86. The van der Waals surface area contributed by atoms with Crippen LogP contribution >= 0.6 is 35.2 Å². The number of carbonyl (C=O) groups is 4. The molecule has 0 aliphatic carbocycles. The lowest BCUT2D eigenvalue weighted by Crippen LogP contribution is -2.46. The van der Waals surface area contributed by atoms with E-state index in [0.29, 0.717) is 5.56 Å². The Labute approximate surface area is 357 Å². The van der Waals surface area contributed by atoms with Gasteiger partial charge in [0.15, 0.2) is 23.0 Å². The second-order valence-corrected chi connectivity index (χ2v) is 19.3. The molecule has 0 bridgehead atoms. The lowest BCUT2D eigenvalue weighted by atomic mass is 9.87. The summed E-state index contributed by atoms with van der Waals surface area (Å²) in [6, 6.07) is 8.56. The zero-order valence-electron chi connectivity index (χ0n) is 33.0. The maximum atomic E-state index is 12.6. The third-order valence-corrected chi connectivity index (χ3v) is 12.7. The summed E-state index contributed by atoms with van der Waals surface area (Å²) in [4.78, 5) is 109. The van der Waals surface area contributed by atoms with Gasteiger partial charge >= 0.3 is 0 Å². The molecule has 6 N–H and O–H groups in total. The van der Waals surface area contributed by atoms with Gasteiger partial charge in [0.05, 0.1) is 27.4 Å². The third-order valence-electron chi connectivity index (χ3n) is 8.86. The second-order valence-electron chi connectivity index (χ2n) is 14.1. The fraction of sp³-hybridized carbons (Fsp3) is 0.485. The summed E-state index contributed by atoms with van der Waals surface area (Å²) in [7, 11) is -17.7. The quantitative estimate of drug-likeness (QED) is 0.0301. The van der Waals surface area contributed by atoms with Crippen LogP contribution in [0.1, 0.15) is 44.0 Å². The first-order valence-electron chi connectivity index (χ1n) is 18.1. The van der Waals surface area contributed by atoms with Gasteiger partial charge in [0.1, 0.15) is 36.3 Å². The Morgan fingerprint density at radius 2 is 1.73 bits per heavy atom. The number of aliphatic hydroxyl groups excluding tert-OH is 2. The summed E-state index contributed by atoms with van der Waals surface area (Å²) in [6.45, 7) is 1.04. The fourth-order valence-corrected chi connectivity index (χ4v) is 8.95. The lowest BCUT2D eigenvalue weighted by Gasteiger charge is -2.36. The minimum absolute atomic E-state index is 0.0275. The van der Waals surface area contributed by atoms with Crippen LogP contribution in [0.4, 0.5) is 5.82 Å². The molecule has 29 heteroatoms. The van der Waals surface area contributed by atoms with Gasteiger partial charge in [-0.25, -0.2) is 19.3 Å². The van der Waals surface area contributed by atoms with Crippen LogP contribution in [0.5, 0.6) is 0 Å². The van der Waals surface area contributed by atoms with Gasteiger partial charge in [-0.1, -0.05) is 62.0 Å². The van der Waals surface area contributed by atoms with E-state index < -0.39 is 84.1 Å². The summed E-state index contributed by atoms with van der Waals surface area (Å²) >= 11 is 0.908. The van der Waals surface area contributed by atoms with Gasteiger partial charge in [-0.2, -0.15) is 0 Å². The molecule has 62 heavy (non-hydrogen) atoms. The first kappa shape index (κ1) is 50.8. The Balaban J connectivity index is 1.20. The molecule has 0 spiro atoms. The first-order chi connectivity index (χ1) is 28.8. The summed E-state index contributed by atoms with van der Waals surface area (Å²) < 4.78 is 61.2. The van der Waals surface area contributed by atoms with Crippen LogP contribution in [-0.4, -0.2) is 109 Å². The average molecular weight is 950 g/mol. The molecule has 0 saturated carbocycles. The van der Waals surface area contributed by atoms with Gasteiger partial charge in [0.2, 0.25) is 16.9 Å². The number of hydrogen-bond donors (Lipinski definition) is 5. The Morgan fingerprint density at radius 1 is 1.05 bits per heavy atom. The molecule has 3 heterocycles. The molecular weight excluding hydrogens is 907 g/mol. The van der Waals surface area contributed by atoms with Crippen LogP contribution in [0.2, 0.25) is 0 Å². The standard InChI is InChI=1S/C33H46N7O18P3S/c1-32(2,28(45)31(46)36-13-12-23(42)35-14-15-62-24(43)11-7-10-21(41)20-8-5-4-6-9-20)17-55-61(52,53)58-60(50,51)54-16-22-26(57-59(47,48)49)27(44)33(3,56-22)40-19-39-25-29(34)37-18-38-30(25)40/h4-9,11,18-19,22,26-28,44-45H,10,12-17H2,1-3H3,(H,35,42)(H,36,46)(H,50,51)(H,52,53)(H2,34,37,38)(H2,47,48,49)/p-4. The SMILES string of the molecule is CC(C)(COP(=O)([O-])OP(=O)([O-])OCC1OC(C)(n2cnc3c(N)ncnc32)C(O)C1OP(=O)([O-])[O-])C(O)C(=O)NCCC(=O)NCCSC(=O)C=CCC(=O)c1ccccc1. The number of anilines is 1. The number of nitrogen functional groups attached to an aromatic ring is 1. The van der Waals surface area contributed by atoms with Gasteiger partial charge in [-0.05, 0) is 13.0 Å². The molecule has 0 radical (unpaired) electrons. The van der Waals surface area contributed by atoms with Gasteiger partial charge in [0.25, 0.3) is 15.6 Å². The molecule has 2 amide bonds. The van der Waals surface area contributed by atoms with Gasteiger partial charge in [-0.3, -0.25) is 32.9 Å². The number of amides is 2. The summed E-state index contributed by atoms with van der Waals surface area (Å²) in [5, 5.41) is 26.1. The van der Waals surface area contributed by atoms with Crippen molar-refractivity contribution in [3.63, 3.8) is 0 Å². The molecule has 25 nitrogen and oxygen atoms in total. The molecular formula is C33H42N7O18P3S-4. The molecule has 4 rings (SSSR count). The topological polar surface area (TPSA) is 392 Å². The molecule has 2 aromatic heterocycles. The monoisotopic (exact) mass is 949 g/mol. The zero-order valence-corrected chi connectivity index (χ0v) is 36.5. The molecule has 1 fully saturated rings. The molecule has 1 saturated heterocycles. The number of nitrogens with one attached hydrogen (secondary N) is 2. The number of phosphoric ester groups is 3. The number of imidazole rings is 1. The molecule has 1 aromatic carbocycles. The normalized spacial score (nSPS) is 21.9. The largest absolute Gasteiger partial charge is 0.790 e. The number of ether oxygens (including phenoxy) is 1. The van der Waals surface area contributed by atoms with Crippen molar-refractivity contribution in [2.24, 2.45) is 5.41 Å². The maximum Gasteiger partial charge on any atom is 0.274 e. The van der Waals surface area contributed by atoms with Crippen molar-refractivity contribution in [1.29, 1.82) is 0 Å². The first-order valence-corrected chi connectivity index (χ1v) is 23.5. The number of fused-ring (bicyclic) bond motifs is 1. The van der Waals surface area contributed by atoms with Gasteiger partial charge < -0.3 is 69.0 Å². The Morgan fingerprint density at radius 3 is 2.40 bits per heavy atom. The highest BCUT2D eigenvalue weighted by molar-refractivity contribution is 8.14. The van der Waals surface area contributed by atoms with Gasteiger partial charge in [0, 0.05) is 42.7 Å². The number of thioether (sulfide) groups is 1. The minimum Gasteiger partial charge on any atom is -0.790 e. The Kier molecular flexibility index (Phi) is 17.4. The van der Waals surface area contributed by atoms with E-state index in [1.807, 2.05) is 0 Å². The van der Waals surface area contributed by atoms with Crippen molar-refractivity contribution in [2.45, 2.75) is 63.8 Å². The number of nitrogens with zero attached hydrogens (tertiary/aromatic N) is 4. The number of carbonyl (C=O) groups excluding carboxylic acids is 4. The Hall–Kier alpha value is -3.81. The number of hydrogen-bond acceptors (Lipinski definition) is 23. The van der Waals surface area contributed by atoms with Crippen molar-refractivity contribution >= 4 is 74.9 Å². The predicted molar refractivity (Wildman–Crippen MR) is 207 cm³/mol. The van der Waals surface area contributed by atoms with E-state index in [0.717, 1.165) is 29.0 Å². The third kappa shape index (κ3) is 14.4. The second kappa shape index (κ2) is 21.2.